The van der Waals surface area contributed by atoms with E-state index >= 15 is 0 Å². The van der Waals surface area contributed by atoms with Crippen LogP contribution in [0.4, 0.5) is 0 Å². The fourth-order valence-electron chi connectivity index (χ4n) is 1.37. The van der Waals surface area contributed by atoms with Crippen molar-refractivity contribution in [1.29, 1.82) is 0 Å². The van der Waals surface area contributed by atoms with Crippen molar-refractivity contribution in [2.45, 2.75) is 3.74 Å². The quantitative estimate of drug-likeness (QED) is 0.738. The van der Waals surface area contributed by atoms with Gasteiger partial charge in [0.25, 0.3) is 0 Å². The second-order valence-electron chi connectivity index (χ2n) is 3.16. The number of hydrogen-bond acceptors (Lipinski definition) is 1. The molecule has 1 aromatic heterocycles. The van der Waals surface area contributed by atoms with Crippen LogP contribution in [0.15, 0.2) is 48.8 Å². The van der Waals surface area contributed by atoms with E-state index < -0.39 is 0 Å². The number of nitrogens with zero attached hydrogens (tertiary/aromatic N) is 1. The van der Waals surface area contributed by atoms with E-state index in [-0.39, 0.29) is 3.74 Å². The molecule has 0 radical (unpaired) electrons. The Kier molecular flexibility index (Phi) is 3.54. The van der Waals surface area contributed by atoms with Crippen LogP contribution in [0.3, 0.4) is 0 Å². The number of pyridine rings is 1. The highest BCUT2D eigenvalue weighted by molar-refractivity contribution is 9.24. The number of aromatic nitrogens is 1. The third-order valence-electron chi connectivity index (χ3n) is 2.18. The molecule has 0 aliphatic rings. The van der Waals surface area contributed by atoms with Gasteiger partial charge in [0.2, 0.25) is 0 Å². The van der Waals surface area contributed by atoms with Gasteiger partial charge in [-0.1, -0.05) is 56.1 Å². The van der Waals surface area contributed by atoms with E-state index in [1.807, 2.05) is 12.1 Å². The van der Waals surface area contributed by atoms with Crippen LogP contribution in [-0.2, 0) is 0 Å². The minimum absolute atomic E-state index is 0.219. The monoisotopic (exact) mass is 325 g/mol. The molecule has 1 aromatic carbocycles. The Morgan fingerprint density at radius 1 is 0.800 bits per heavy atom. The topological polar surface area (TPSA) is 12.9 Å². The molecule has 0 aliphatic carbocycles. The molecule has 0 aliphatic heterocycles. The predicted molar refractivity (Wildman–Crippen MR) is 70.3 cm³/mol. The van der Waals surface area contributed by atoms with Gasteiger partial charge < -0.3 is 0 Å². The molecule has 0 atom stereocenters. The Morgan fingerprint density at radius 3 is 1.87 bits per heavy atom. The maximum Gasteiger partial charge on any atom is 0.0946 e. The molecule has 0 fully saturated rings. The summed E-state index contributed by atoms with van der Waals surface area (Å²) in [5.74, 6) is 0. The van der Waals surface area contributed by atoms with Gasteiger partial charge in [-0.3, -0.25) is 4.98 Å². The molecule has 0 bridgehead atoms. The molecule has 0 spiro atoms. The van der Waals surface area contributed by atoms with Crippen molar-refractivity contribution in [2.75, 3.05) is 0 Å². The van der Waals surface area contributed by atoms with Gasteiger partial charge in [-0.05, 0) is 28.8 Å². The van der Waals surface area contributed by atoms with Gasteiger partial charge >= 0.3 is 0 Å². The van der Waals surface area contributed by atoms with Crippen molar-refractivity contribution in [3.63, 3.8) is 0 Å². The zero-order valence-electron chi connectivity index (χ0n) is 7.90. The van der Waals surface area contributed by atoms with Gasteiger partial charge in [-0.15, -0.1) is 0 Å². The average Bonchev–Trinajstić information content (AvgIpc) is 2.30. The molecule has 2 rings (SSSR count). The van der Waals surface area contributed by atoms with Crippen molar-refractivity contribution in [2.24, 2.45) is 0 Å². The maximum absolute atomic E-state index is 4.00. The van der Waals surface area contributed by atoms with Crippen molar-refractivity contribution >= 4 is 31.9 Å². The van der Waals surface area contributed by atoms with Crippen LogP contribution in [0, 0.1) is 0 Å². The third-order valence-corrected chi connectivity index (χ3v) is 3.23. The molecule has 15 heavy (non-hydrogen) atoms. The van der Waals surface area contributed by atoms with Gasteiger partial charge in [0, 0.05) is 12.4 Å². The average molecular weight is 327 g/mol. The molecule has 76 valence electrons. The SMILES string of the molecule is BrC(Br)c1ccc(-c2ccncc2)cc1. The van der Waals surface area contributed by atoms with E-state index in [4.69, 9.17) is 0 Å². The molecule has 1 heterocycles. The van der Waals surface area contributed by atoms with E-state index in [0.717, 1.165) is 0 Å². The first kappa shape index (κ1) is 10.8. The smallest absolute Gasteiger partial charge is 0.0946 e. The zero-order chi connectivity index (χ0) is 10.7. The van der Waals surface area contributed by atoms with Crippen molar-refractivity contribution in [1.82, 2.24) is 4.98 Å². The molecule has 2 aromatic rings. The van der Waals surface area contributed by atoms with E-state index in [1.54, 1.807) is 12.4 Å². The van der Waals surface area contributed by atoms with Crippen LogP contribution >= 0.6 is 31.9 Å². The van der Waals surface area contributed by atoms with Gasteiger partial charge in [-0.2, -0.15) is 0 Å². The summed E-state index contributed by atoms with van der Waals surface area (Å²) in [5.41, 5.74) is 3.62. The van der Waals surface area contributed by atoms with Crippen molar-refractivity contribution in [3.05, 3.63) is 54.4 Å². The van der Waals surface area contributed by atoms with Crippen LogP contribution < -0.4 is 0 Å². The Bertz CT molecular complexity index is 423. The second kappa shape index (κ2) is 4.90. The van der Waals surface area contributed by atoms with Crippen LogP contribution in [0.5, 0.6) is 0 Å². The highest BCUT2D eigenvalue weighted by atomic mass is 79.9. The number of halogens is 2. The molecule has 0 unspecified atom stereocenters. The minimum Gasteiger partial charge on any atom is -0.265 e. The Morgan fingerprint density at radius 2 is 1.33 bits per heavy atom. The molecular weight excluding hydrogens is 318 g/mol. The predicted octanol–water partition coefficient (Wildman–Crippen LogP) is 4.54. The number of hydrogen-bond donors (Lipinski definition) is 0. The third kappa shape index (κ3) is 2.67. The fraction of sp³-hybridized carbons (Fsp3) is 0.0833. The molecule has 0 N–H and O–H groups in total. The molecule has 0 amide bonds. The molecule has 0 saturated heterocycles. The summed E-state index contributed by atoms with van der Waals surface area (Å²) in [4.78, 5) is 4.00. The first-order valence-electron chi connectivity index (χ1n) is 4.56. The first-order valence-corrected chi connectivity index (χ1v) is 6.39. The molecule has 3 heteroatoms. The fourth-order valence-corrected chi connectivity index (χ4v) is 1.98. The minimum atomic E-state index is 0.219. The highest BCUT2D eigenvalue weighted by Crippen LogP contribution is 2.30. The van der Waals surface area contributed by atoms with Gasteiger partial charge in [-0.25, -0.2) is 0 Å². The largest absolute Gasteiger partial charge is 0.265 e. The number of rotatable bonds is 2. The molecule has 1 nitrogen and oxygen atoms in total. The highest BCUT2D eigenvalue weighted by Gasteiger charge is 2.02. The molecule has 0 saturated carbocycles. The second-order valence-corrected chi connectivity index (χ2v) is 6.22. The lowest BCUT2D eigenvalue weighted by Crippen LogP contribution is -1.82. The lowest BCUT2D eigenvalue weighted by Gasteiger charge is -2.04. The van der Waals surface area contributed by atoms with E-state index in [0.29, 0.717) is 0 Å². The maximum atomic E-state index is 4.00. The summed E-state index contributed by atoms with van der Waals surface area (Å²) < 4.78 is 0.219. The van der Waals surface area contributed by atoms with Crippen LogP contribution in [0.2, 0.25) is 0 Å². The summed E-state index contributed by atoms with van der Waals surface area (Å²) in [6.45, 7) is 0. The van der Waals surface area contributed by atoms with Crippen LogP contribution in [0.25, 0.3) is 11.1 Å². The van der Waals surface area contributed by atoms with Gasteiger partial charge in [0.1, 0.15) is 0 Å². The van der Waals surface area contributed by atoms with Gasteiger partial charge in [0.05, 0.1) is 3.74 Å². The number of benzene rings is 1. The Hall–Kier alpha value is -0.670. The van der Waals surface area contributed by atoms with E-state index in [1.165, 1.54) is 16.7 Å². The summed E-state index contributed by atoms with van der Waals surface area (Å²) in [5, 5.41) is 0. The van der Waals surface area contributed by atoms with Crippen molar-refractivity contribution < 1.29 is 0 Å². The summed E-state index contributed by atoms with van der Waals surface area (Å²) in [6.07, 6.45) is 3.61. The van der Waals surface area contributed by atoms with Gasteiger partial charge in [0.15, 0.2) is 0 Å². The Labute approximate surface area is 106 Å². The van der Waals surface area contributed by atoms with Crippen LogP contribution in [-0.4, -0.2) is 4.98 Å². The Balaban J connectivity index is 2.32. The van der Waals surface area contributed by atoms with Crippen LogP contribution in [0.1, 0.15) is 9.30 Å². The lowest BCUT2D eigenvalue weighted by molar-refractivity contribution is 1.33. The first-order chi connectivity index (χ1) is 7.27. The zero-order valence-corrected chi connectivity index (χ0v) is 11.1. The summed E-state index contributed by atoms with van der Waals surface area (Å²) in [6, 6.07) is 12.4. The van der Waals surface area contributed by atoms with E-state index in [2.05, 4.69) is 61.1 Å². The van der Waals surface area contributed by atoms with E-state index in [9.17, 15) is 0 Å². The molecular formula is C12H9Br2N. The summed E-state index contributed by atoms with van der Waals surface area (Å²) in [7, 11) is 0. The standard InChI is InChI=1S/C12H9Br2N/c13-12(14)11-3-1-9(2-4-11)10-5-7-15-8-6-10/h1-8,12H. The van der Waals surface area contributed by atoms with Crippen molar-refractivity contribution in [3.8, 4) is 11.1 Å². The normalized spacial score (nSPS) is 10.6. The lowest BCUT2D eigenvalue weighted by atomic mass is 10.1. The number of alkyl halides is 2. The summed E-state index contributed by atoms with van der Waals surface area (Å²) >= 11 is 6.94.